The van der Waals surface area contributed by atoms with Crippen LogP contribution in [0.4, 0.5) is 0 Å². The van der Waals surface area contributed by atoms with Crippen molar-refractivity contribution in [2.24, 2.45) is 0 Å². The van der Waals surface area contributed by atoms with Crippen LogP contribution in [0.25, 0.3) is 11.0 Å². The highest BCUT2D eigenvalue weighted by atomic mass is 16.5. The van der Waals surface area contributed by atoms with Crippen LogP contribution in [-0.2, 0) is 6.54 Å². The van der Waals surface area contributed by atoms with Crippen LogP contribution in [-0.4, -0.2) is 54.0 Å². The number of piperidine rings is 1. The summed E-state index contributed by atoms with van der Waals surface area (Å²) in [4.78, 5) is 22.3. The third-order valence-electron chi connectivity index (χ3n) is 7.23. The number of fused-ring (bicyclic) bond motifs is 1. The molecule has 33 heavy (non-hydrogen) atoms. The van der Waals surface area contributed by atoms with Gasteiger partial charge in [0.1, 0.15) is 11.3 Å². The molecule has 0 bridgehead atoms. The summed E-state index contributed by atoms with van der Waals surface area (Å²) in [6.07, 6.45) is 3.75. The van der Waals surface area contributed by atoms with Crippen LogP contribution in [0.15, 0.2) is 22.7 Å². The van der Waals surface area contributed by atoms with E-state index in [-0.39, 0.29) is 11.9 Å². The van der Waals surface area contributed by atoms with E-state index in [1.165, 1.54) is 0 Å². The molecule has 1 saturated heterocycles. The summed E-state index contributed by atoms with van der Waals surface area (Å²) < 4.78 is 11.7. The van der Waals surface area contributed by atoms with Gasteiger partial charge in [0.15, 0.2) is 5.76 Å². The minimum atomic E-state index is -0.0262. The molecule has 0 spiro atoms. The lowest BCUT2D eigenvalue weighted by Crippen LogP contribution is -2.45. The molecule has 1 fully saturated rings. The van der Waals surface area contributed by atoms with E-state index in [9.17, 15) is 4.79 Å². The van der Waals surface area contributed by atoms with Gasteiger partial charge in [-0.1, -0.05) is 12.1 Å². The molecule has 6 heteroatoms. The number of pyridine rings is 1. The number of furan rings is 1. The molecule has 0 aliphatic carbocycles. The monoisotopic (exact) mass is 449 g/mol. The fourth-order valence-electron chi connectivity index (χ4n) is 5.11. The minimum absolute atomic E-state index is 0.0262. The summed E-state index contributed by atoms with van der Waals surface area (Å²) in [7, 11) is 3.62. The molecule has 6 nitrogen and oxygen atoms in total. The van der Waals surface area contributed by atoms with Crippen molar-refractivity contribution in [1.29, 1.82) is 0 Å². The number of likely N-dealkylation sites (tertiary alicyclic amines) is 1. The fraction of sp³-hybridized carbons (Fsp3) is 0.481. The molecule has 0 unspecified atom stereocenters. The zero-order chi connectivity index (χ0) is 23.9. The van der Waals surface area contributed by atoms with Gasteiger partial charge in [0.25, 0.3) is 5.91 Å². The van der Waals surface area contributed by atoms with Gasteiger partial charge in [-0.05, 0) is 58.6 Å². The third kappa shape index (κ3) is 4.24. The highest BCUT2D eigenvalue weighted by Crippen LogP contribution is 2.32. The number of aromatic nitrogens is 1. The van der Waals surface area contributed by atoms with E-state index in [0.29, 0.717) is 5.76 Å². The van der Waals surface area contributed by atoms with Crippen molar-refractivity contribution in [2.75, 3.05) is 27.2 Å². The van der Waals surface area contributed by atoms with Crippen LogP contribution < -0.4 is 4.74 Å². The number of nitrogens with zero attached hydrogens (tertiary/aromatic N) is 3. The molecule has 3 heterocycles. The number of ether oxygens (including phenoxy) is 1. The average Bonchev–Trinajstić information content (AvgIpc) is 3.16. The maximum Gasteiger partial charge on any atom is 0.289 e. The van der Waals surface area contributed by atoms with Crippen LogP contribution in [0.1, 0.15) is 56.9 Å². The Morgan fingerprint density at radius 2 is 1.76 bits per heavy atom. The van der Waals surface area contributed by atoms with E-state index < -0.39 is 0 Å². The van der Waals surface area contributed by atoms with Gasteiger partial charge in [0.2, 0.25) is 0 Å². The van der Waals surface area contributed by atoms with Gasteiger partial charge < -0.3 is 14.1 Å². The molecular weight excluding hydrogens is 414 g/mol. The second kappa shape index (κ2) is 9.18. The average molecular weight is 450 g/mol. The molecule has 0 N–H and O–H groups in total. The molecular formula is C27H35N3O3. The van der Waals surface area contributed by atoms with Crippen molar-refractivity contribution >= 4 is 16.9 Å². The molecule has 1 amide bonds. The number of amides is 1. The molecule has 176 valence electrons. The summed E-state index contributed by atoms with van der Waals surface area (Å²) in [6, 6.07) is 4.34. The van der Waals surface area contributed by atoms with Crippen molar-refractivity contribution in [3.63, 3.8) is 0 Å². The lowest BCUT2D eigenvalue weighted by molar-refractivity contribution is 0.0606. The van der Waals surface area contributed by atoms with Crippen LogP contribution in [0.2, 0.25) is 0 Å². The maximum atomic E-state index is 13.4. The van der Waals surface area contributed by atoms with Crippen LogP contribution in [0, 0.1) is 34.6 Å². The first-order chi connectivity index (χ1) is 15.7. The minimum Gasteiger partial charge on any atom is -0.496 e. The number of rotatable bonds is 5. The standard InChI is InChI=1S/C27H35N3O3/c1-16-8-9-17(2)25-23(16)20(5)26(33-25)27(31)29(6)21-10-12-30(13-11-21)15-22-19(4)24(32-7)18(3)14-28-22/h8-9,14,21H,10-13,15H2,1-7H3. The molecule has 1 aliphatic rings. The van der Waals surface area contributed by atoms with Gasteiger partial charge >= 0.3 is 0 Å². The predicted octanol–water partition coefficient (Wildman–Crippen LogP) is 5.12. The van der Waals surface area contributed by atoms with Crippen LogP contribution in [0.5, 0.6) is 5.75 Å². The van der Waals surface area contributed by atoms with Crippen molar-refractivity contribution in [2.45, 2.75) is 60.0 Å². The second-order valence-corrected chi connectivity index (χ2v) is 9.43. The molecule has 2 aromatic heterocycles. The summed E-state index contributed by atoms with van der Waals surface area (Å²) in [5.41, 5.74) is 7.20. The number of carbonyl (C=O) groups is 1. The van der Waals surface area contributed by atoms with Gasteiger partial charge in [0, 0.05) is 61.0 Å². The molecule has 0 atom stereocenters. The Morgan fingerprint density at radius 1 is 1.09 bits per heavy atom. The number of carbonyl (C=O) groups excluding carboxylic acids is 1. The predicted molar refractivity (Wildman–Crippen MR) is 131 cm³/mol. The van der Waals surface area contributed by atoms with E-state index in [2.05, 4.69) is 35.9 Å². The van der Waals surface area contributed by atoms with E-state index in [0.717, 1.165) is 82.7 Å². The molecule has 3 aromatic rings. The molecule has 4 rings (SSSR count). The Hall–Kier alpha value is -2.86. The number of hydrogen-bond donors (Lipinski definition) is 0. The highest BCUT2D eigenvalue weighted by molar-refractivity contribution is 6.00. The Balaban J connectivity index is 1.44. The van der Waals surface area contributed by atoms with E-state index >= 15 is 0 Å². The topological polar surface area (TPSA) is 58.8 Å². The molecule has 0 radical (unpaired) electrons. The summed E-state index contributed by atoms with van der Waals surface area (Å²) in [5, 5.41) is 1.07. The zero-order valence-corrected chi connectivity index (χ0v) is 20.9. The van der Waals surface area contributed by atoms with Crippen LogP contribution in [0.3, 0.4) is 0 Å². The number of aryl methyl sites for hydroxylation is 4. The van der Waals surface area contributed by atoms with Crippen LogP contribution >= 0.6 is 0 Å². The number of methoxy groups -OCH3 is 1. The first-order valence-electron chi connectivity index (χ1n) is 11.7. The summed E-state index contributed by atoms with van der Waals surface area (Å²) in [6.45, 7) is 12.8. The third-order valence-corrected chi connectivity index (χ3v) is 7.23. The largest absolute Gasteiger partial charge is 0.496 e. The molecule has 1 aromatic carbocycles. The highest BCUT2D eigenvalue weighted by Gasteiger charge is 2.30. The Kier molecular flexibility index (Phi) is 6.48. The van der Waals surface area contributed by atoms with Crippen molar-refractivity contribution in [3.05, 3.63) is 57.6 Å². The molecule has 1 aliphatic heterocycles. The first kappa shape index (κ1) is 23.3. The second-order valence-electron chi connectivity index (χ2n) is 9.43. The SMILES string of the molecule is COc1c(C)cnc(CN2CCC(N(C)C(=O)c3oc4c(C)ccc(C)c4c3C)CC2)c1C. The lowest BCUT2D eigenvalue weighted by atomic mass is 10.0. The molecule has 0 saturated carbocycles. The normalized spacial score (nSPS) is 15.2. The summed E-state index contributed by atoms with van der Waals surface area (Å²) >= 11 is 0. The van der Waals surface area contributed by atoms with Crippen molar-refractivity contribution < 1.29 is 13.9 Å². The lowest BCUT2D eigenvalue weighted by Gasteiger charge is -2.36. The maximum absolute atomic E-state index is 13.4. The van der Waals surface area contributed by atoms with Gasteiger partial charge in [-0.3, -0.25) is 14.7 Å². The van der Waals surface area contributed by atoms with Crippen molar-refractivity contribution in [1.82, 2.24) is 14.8 Å². The Morgan fingerprint density at radius 3 is 2.39 bits per heavy atom. The number of benzene rings is 1. The fourth-order valence-corrected chi connectivity index (χ4v) is 5.11. The summed E-state index contributed by atoms with van der Waals surface area (Å²) in [5.74, 6) is 1.37. The van der Waals surface area contributed by atoms with E-state index in [4.69, 9.17) is 9.15 Å². The smallest absolute Gasteiger partial charge is 0.289 e. The zero-order valence-electron chi connectivity index (χ0n) is 20.9. The van der Waals surface area contributed by atoms with Gasteiger partial charge in [-0.2, -0.15) is 0 Å². The first-order valence-corrected chi connectivity index (χ1v) is 11.7. The van der Waals surface area contributed by atoms with Gasteiger partial charge in [-0.25, -0.2) is 0 Å². The Labute approximate surface area is 196 Å². The van der Waals surface area contributed by atoms with Gasteiger partial charge in [0.05, 0.1) is 12.8 Å². The van der Waals surface area contributed by atoms with Gasteiger partial charge in [-0.15, -0.1) is 0 Å². The quantitative estimate of drug-likeness (QED) is 0.541. The van der Waals surface area contributed by atoms with E-state index in [1.54, 1.807) is 7.11 Å². The Bertz CT molecular complexity index is 1190. The van der Waals surface area contributed by atoms with E-state index in [1.807, 2.05) is 38.9 Å². The number of hydrogen-bond acceptors (Lipinski definition) is 5. The van der Waals surface area contributed by atoms with Crippen molar-refractivity contribution in [3.8, 4) is 5.75 Å².